The summed E-state index contributed by atoms with van der Waals surface area (Å²) in [4.78, 5) is 0. The van der Waals surface area contributed by atoms with Crippen LogP contribution in [0.15, 0.2) is 0 Å². The molecule has 0 amide bonds. The second-order valence-corrected chi connectivity index (χ2v) is 15.4. The molecule has 132 valence electrons. The molecule has 0 rings (SSSR count). The molecule has 0 saturated carbocycles. The summed E-state index contributed by atoms with van der Waals surface area (Å²) in [5.74, 6) is 0. The first-order valence-electron chi connectivity index (χ1n) is 10.5. The summed E-state index contributed by atoms with van der Waals surface area (Å²) in [5, 5.41) is 0. The predicted octanol–water partition coefficient (Wildman–Crippen LogP) is 7.78. The first kappa shape index (κ1) is 22.7. The molecule has 22 heavy (non-hydrogen) atoms. The fourth-order valence-electron chi connectivity index (χ4n) is 3.27. The van der Waals surface area contributed by atoms with Gasteiger partial charge in [0.2, 0.25) is 0 Å². The Morgan fingerprint density at radius 3 is 1.27 bits per heavy atom. The van der Waals surface area contributed by atoms with Gasteiger partial charge in [-0.05, 0) is 0 Å². The van der Waals surface area contributed by atoms with Crippen LogP contribution in [0.25, 0.3) is 0 Å². The molecule has 0 bridgehead atoms. The van der Waals surface area contributed by atoms with Gasteiger partial charge in [-0.25, -0.2) is 0 Å². The Hall–Kier alpha value is 0.669. The number of hydrogen-bond acceptors (Lipinski definition) is 0. The van der Waals surface area contributed by atoms with E-state index in [0.29, 0.717) is 0 Å². The summed E-state index contributed by atoms with van der Waals surface area (Å²) in [6.07, 6.45) is 20.5. The fraction of sp³-hybridized carbons (Fsp3) is 0.952. The van der Waals surface area contributed by atoms with Gasteiger partial charge in [-0.1, -0.05) is 0 Å². The molecule has 0 aliphatic rings. The van der Waals surface area contributed by atoms with Crippen LogP contribution in [0.3, 0.4) is 0 Å². The van der Waals surface area contributed by atoms with Gasteiger partial charge in [-0.3, -0.25) is 0 Å². The van der Waals surface area contributed by atoms with Gasteiger partial charge in [0.1, 0.15) is 0 Å². The molecule has 0 aromatic rings. The van der Waals surface area contributed by atoms with Crippen LogP contribution in [-0.2, 0) is 0 Å². The number of unbranched alkanes of at least 4 members (excludes halogenated alkanes) is 8. The number of rotatable bonds is 16. The van der Waals surface area contributed by atoms with Crippen molar-refractivity contribution in [2.75, 3.05) is 0 Å². The van der Waals surface area contributed by atoms with Crippen molar-refractivity contribution < 1.29 is 0 Å². The van der Waals surface area contributed by atoms with Crippen molar-refractivity contribution in [2.45, 2.75) is 126 Å². The fourth-order valence-corrected chi connectivity index (χ4v) is 13.5. The Kier molecular flexibility index (Phi) is 18.6. The molecular formula is C21H44Sn. The van der Waals surface area contributed by atoms with Crippen LogP contribution in [0.2, 0.25) is 8.87 Å². The molecule has 0 radical (unpaired) electrons. The van der Waals surface area contributed by atoms with Crippen molar-refractivity contribution >= 4 is 22.8 Å². The van der Waals surface area contributed by atoms with Crippen molar-refractivity contribution in [1.29, 1.82) is 0 Å². The Bertz CT molecular complexity index is 231. The number of hydrogen-bond donors (Lipinski definition) is 0. The zero-order valence-electron chi connectivity index (χ0n) is 16.3. The molecular weight excluding hydrogens is 371 g/mol. The van der Waals surface area contributed by atoms with E-state index in [1.807, 2.05) is 0 Å². The standard InChI is InChI=1S/C13H26.2C4H9.Sn/c1-3-5-7-9-11-13-12-10-8-6-4-2;2*1-3-4-2;/h3-12H2,1-2H3;2*1,3-4H2,2H3;. The van der Waals surface area contributed by atoms with Crippen LogP contribution in [0, 0.1) is 0 Å². The van der Waals surface area contributed by atoms with Gasteiger partial charge >= 0.3 is 149 Å². The first-order valence-corrected chi connectivity index (χ1v) is 16.0. The molecule has 0 aliphatic heterocycles. The molecule has 0 spiro atoms. The van der Waals surface area contributed by atoms with Gasteiger partial charge in [-0.15, -0.1) is 0 Å². The Morgan fingerprint density at radius 2 is 0.909 bits per heavy atom. The van der Waals surface area contributed by atoms with Gasteiger partial charge in [0.05, 0.1) is 0 Å². The summed E-state index contributed by atoms with van der Waals surface area (Å²) < 4.78 is 5.47. The Morgan fingerprint density at radius 1 is 0.500 bits per heavy atom. The second kappa shape index (κ2) is 18.0. The van der Waals surface area contributed by atoms with E-state index in [9.17, 15) is 0 Å². The van der Waals surface area contributed by atoms with Gasteiger partial charge in [0.25, 0.3) is 0 Å². The zero-order valence-corrected chi connectivity index (χ0v) is 19.2. The summed E-state index contributed by atoms with van der Waals surface area (Å²) in [7, 11) is 0. The second-order valence-electron chi connectivity index (χ2n) is 7.04. The molecule has 0 nitrogen and oxygen atoms in total. The molecule has 0 aromatic heterocycles. The van der Waals surface area contributed by atoms with Crippen molar-refractivity contribution in [3.05, 3.63) is 0 Å². The Labute approximate surface area is 149 Å². The van der Waals surface area contributed by atoms with E-state index >= 15 is 0 Å². The molecule has 1 heteroatoms. The average Bonchev–Trinajstić information content (AvgIpc) is 2.54. The monoisotopic (exact) mass is 416 g/mol. The SMILES string of the molecule is CCCCCC[C](CCCCCC)=[Sn]([CH2]CCC)[CH2]CCC. The molecule has 0 N–H and O–H groups in total. The van der Waals surface area contributed by atoms with E-state index < -0.39 is 19.3 Å². The van der Waals surface area contributed by atoms with Crippen LogP contribution in [-0.4, -0.2) is 22.8 Å². The third kappa shape index (κ3) is 13.1. The summed E-state index contributed by atoms with van der Waals surface area (Å²) >= 11 is -1.20. The van der Waals surface area contributed by atoms with E-state index in [-0.39, 0.29) is 0 Å². The van der Waals surface area contributed by atoms with E-state index in [1.54, 1.807) is 8.87 Å². The van der Waals surface area contributed by atoms with Gasteiger partial charge < -0.3 is 0 Å². The maximum absolute atomic E-state index is 2.38. The molecule has 0 aliphatic carbocycles. The quantitative estimate of drug-likeness (QED) is 0.178. The van der Waals surface area contributed by atoms with E-state index in [2.05, 4.69) is 31.2 Å². The van der Waals surface area contributed by atoms with Crippen molar-refractivity contribution in [3.63, 3.8) is 0 Å². The zero-order chi connectivity index (χ0) is 16.5. The van der Waals surface area contributed by atoms with Crippen LogP contribution in [0.5, 0.6) is 0 Å². The van der Waals surface area contributed by atoms with Crippen LogP contribution in [0.4, 0.5) is 0 Å². The van der Waals surface area contributed by atoms with Crippen molar-refractivity contribution in [3.8, 4) is 0 Å². The topological polar surface area (TPSA) is 0 Å². The maximum atomic E-state index is 2.38. The third-order valence-corrected chi connectivity index (χ3v) is 14.6. The summed E-state index contributed by atoms with van der Waals surface area (Å²) in [5.41, 5.74) is 0. The van der Waals surface area contributed by atoms with Crippen LogP contribution < -0.4 is 0 Å². The van der Waals surface area contributed by atoms with E-state index in [0.717, 1.165) is 0 Å². The van der Waals surface area contributed by atoms with Gasteiger partial charge in [0, 0.05) is 0 Å². The van der Waals surface area contributed by atoms with Gasteiger partial charge in [-0.2, -0.15) is 0 Å². The van der Waals surface area contributed by atoms with Crippen LogP contribution in [0.1, 0.15) is 118 Å². The predicted molar refractivity (Wildman–Crippen MR) is 108 cm³/mol. The van der Waals surface area contributed by atoms with Gasteiger partial charge in [0.15, 0.2) is 0 Å². The molecule has 0 aromatic carbocycles. The summed E-state index contributed by atoms with van der Waals surface area (Å²) in [6, 6.07) is 0. The van der Waals surface area contributed by atoms with E-state index in [4.69, 9.17) is 0 Å². The molecule has 0 unspecified atom stereocenters. The molecule has 0 saturated heterocycles. The third-order valence-electron chi connectivity index (χ3n) is 4.83. The first-order chi connectivity index (χ1) is 10.8. The Balaban J connectivity index is 4.60. The molecule has 0 atom stereocenters. The molecule has 0 heterocycles. The molecule has 0 fully saturated rings. The minimum absolute atomic E-state index is 1.20. The van der Waals surface area contributed by atoms with Crippen LogP contribution >= 0.6 is 0 Å². The van der Waals surface area contributed by atoms with E-state index in [1.165, 1.54) is 89.9 Å². The van der Waals surface area contributed by atoms with Crippen molar-refractivity contribution in [2.24, 2.45) is 0 Å². The normalized spacial score (nSPS) is 10.9. The van der Waals surface area contributed by atoms with Crippen molar-refractivity contribution in [1.82, 2.24) is 0 Å². The minimum atomic E-state index is -1.20. The summed E-state index contributed by atoms with van der Waals surface area (Å²) in [6.45, 7) is 9.42. The average molecular weight is 415 g/mol.